The highest BCUT2D eigenvalue weighted by Crippen LogP contribution is 2.41. The SMILES string of the molecule is COc1cc(Cl)ccc1N1N=C(C(=O)NC(C(=O)O)C(C)(C)C)CC1c1ccc(Cl)cc1. The fourth-order valence-corrected chi connectivity index (χ4v) is 3.81. The first kappa shape index (κ1) is 23.9. The number of hydrazone groups is 1. The minimum atomic E-state index is -1.10. The van der Waals surface area contributed by atoms with Gasteiger partial charge in [0.05, 0.1) is 13.2 Å². The number of benzene rings is 2. The number of carboxylic acid groups (broad SMARTS) is 1. The molecule has 1 amide bonds. The highest BCUT2D eigenvalue weighted by molar-refractivity contribution is 6.40. The van der Waals surface area contributed by atoms with E-state index in [1.54, 1.807) is 56.1 Å². The summed E-state index contributed by atoms with van der Waals surface area (Å²) in [6, 6.07) is 11.0. The van der Waals surface area contributed by atoms with E-state index in [-0.39, 0.29) is 18.2 Å². The summed E-state index contributed by atoms with van der Waals surface area (Å²) in [5.74, 6) is -1.13. The highest BCUT2D eigenvalue weighted by atomic mass is 35.5. The number of methoxy groups -OCH3 is 1. The lowest BCUT2D eigenvalue weighted by molar-refractivity contribution is -0.144. The Morgan fingerprint density at radius 3 is 2.34 bits per heavy atom. The fourth-order valence-electron chi connectivity index (χ4n) is 3.52. The standard InChI is InChI=1S/C23H25Cl2N3O4/c1-23(2,3)20(22(30)31)26-21(29)16-12-18(13-5-7-14(24)8-6-13)28(27-16)17-10-9-15(25)11-19(17)32-4/h5-11,18,20H,12H2,1-4H3,(H,26,29)(H,30,31). The van der Waals surface area contributed by atoms with Gasteiger partial charge in [-0.25, -0.2) is 4.79 Å². The molecule has 7 nitrogen and oxygen atoms in total. The number of ether oxygens (including phenoxy) is 1. The number of aliphatic carboxylic acids is 1. The maximum Gasteiger partial charge on any atom is 0.326 e. The molecule has 32 heavy (non-hydrogen) atoms. The molecular formula is C23H25Cl2N3O4. The lowest BCUT2D eigenvalue weighted by atomic mass is 9.86. The maximum atomic E-state index is 13.0. The second-order valence-corrected chi connectivity index (χ2v) is 9.46. The topological polar surface area (TPSA) is 91.2 Å². The molecule has 2 atom stereocenters. The van der Waals surface area contributed by atoms with E-state index in [4.69, 9.17) is 27.9 Å². The van der Waals surface area contributed by atoms with Crippen LogP contribution in [0.1, 0.15) is 38.8 Å². The minimum Gasteiger partial charge on any atom is -0.494 e. The van der Waals surface area contributed by atoms with Crippen LogP contribution >= 0.6 is 23.2 Å². The van der Waals surface area contributed by atoms with E-state index in [0.29, 0.717) is 21.5 Å². The van der Waals surface area contributed by atoms with Gasteiger partial charge in [0.2, 0.25) is 0 Å². The number of carbonyl (C=O) groups is 2. The summed E-state index contributed by atoms with van der Waals surface area (Å²) in [7, 11) is 1.53. The molecule has 0 aromatic heterocycles. The van der Waals surface area contributed by atoms with Gasteiger partial charge in [-0.05, 0) is 35.2 Å². The van der Waals surface area contributed by atoms with Crippen LogP contribution in [-0.4, -0.2) is 35.8 Å². The van der Waals surface area contributed by atoms with Crippen LogP contribution in [0.25, 0.3) is 0 Å². The predicted molar refractivity (Wildman–Crippen MR) is 126 cm³/mol. The number of nitrogens with zero attached hydrogens (tertiary/aromatic N) is 2. The Kier molecular flexibility index (Phi) is 7.00. The Morgan fingerprint density at radius 2 is 1.78 bits per heavy atom. The van der Waals surface area contributed by atoms with E-state index in [1.807, 2.05) is 12.1 Å². The van der Waals surface area contributed by atoms with Gasteiger partial charge >= 0.3 is 5.97 Å². The van der Waals surface area contributed by atoms with Gasteiger partial charge in [-0.15, -0.1) is 0 Å². The van der Waals surface area contributed by atoms with E-state index in [1.165, 1.54) is 7.11 Å². The lowest BCUT2D eigenvalue weighted by Crippen LogP contribution is -2.50. The molecule has 2 aromatic carbocycles. The smallest absolute Gasteiger partial charge is 0.326 e. The molecule has 0 radical (unpaired) electrons. The van der Waals surface area contributed by atoms with Crippen molar-refractivity contribution in [2.24, 2.45) is 10.5 Å². The zero-order chi connectivity index (χ0) is 23.6. The van der Waals surface area contributed by atoms with E-state index in [9.17, 15) is 14.7 Å². The molecule has 2 aromatic rings. The van der Waals surface area contributed by atoms with Crippen LogP contribution in [-0.2, 0) is 9.59 Å². The number of rotatable bonds is 6. The number of halogens is 2. The zero-order valence-electron chi connectivity index (χ0n) is 18.2. The Morgan fingerprint density at radius 1 is 1.16 bits per heavy atom. The first-order chi connectivity index (χ1) is 15.0. The van der Waals surface area contributed by atoms with Crippen molar-refractivity contribution >= 4 is 46.5 Å². The Bertz CT molecular complexity index is 1050. The van der Waals surface area contributed by atoms with Crippen molar-refractivity contribution in [2.45, 2.75) is 39.3 Å². The van der Waals surface area contributed by atoms with Crippen LogP contribution in [0.2, 0.25) is 10.0 Å². The van der Waals surface area contributed by atoms with Gasteiger partial charge in [-0.2, -0.15) is 5.10 Å². The summed E-state index contributed by atoms with van der Waals surface area (Å²) in [6.45, 7) is 5.26. The molecule has 1 heterocycles. The van der Waals surface area contributed by atoms with Crippen molar-refractivity contribution in [1.29, 1.82) is 0 Å². The first-order valence-electron chi connectivity index (χ1n) is 10.0. The van der Waals surface area contributed by atoms with Crippen LogP contribution in [0, 0.1) is 5.41 Å². The van der Waals surface area contributed by atoms with E-state index in [0.717, 1.165) is 5.56 Å². The molecule has 2 N–H and O–H groups in total. The van der Waals surface area contributed by atoms with E-state index in [2.05, 4.69) is 10.4 Å². The van der Waals surface area contributed by atoms with Gasteiger partial charge in [-0.1, -0.05) is 56.1 Å². The number of hydrogen-bond acceptors (Lipinski definition) is 5. The van der Waals surface area contributed by atoms with Crippen molar-refractivity contribution in [3.8, 4) is 5.75 Å². The van der Waals surface area contributed by atoms with Gasteiger partial charge in [0, 0.05) is 22.5 Å². The molecule has 170 valence electrons. The van der Waals surface area contributed by atoms with Crippen LogP contribution in [0.4, 0.5) is 5.69 Å². The van der Waals surface area contributed by atoms with E-state index < -0.39 is 23.3 Å². The highest BCUT2D eigenvalue weighted by Gasteiger charge is 2.38. The number of amides is 1. The largest absolute Gasteiger partial charge is 0.494 e. The molecule has 0 saturated heterocycles. The summed E-state index contributed by atoms with van der Waals surface area (Å²) in [5.41, 5.74) is 1.07. The molecule has 0 aliphatic carbocycles. The average molecular weight is 478 g/mol. The van der Waals surface area contributed by atoms with Gasteiger partial charge in [0.15, 0.2) is 0 Å². The molecule has 0 fully saturated rings. The van der Waals surface area contributed by atoms with Crippen LogP contribution in [0.5, 0.6) is 5.75 Å². The molecule has 0 bridgehead atoms. The van der Waals surface area contributed by atoms with Crippen molar-refractivity contribution in [3.63, 3.8) is 0 Å². The summed E-state index contributed by atoms with van der Waals surface area (Å²) in [6.07, 6.45) is 0.274. The second-order valence-electron chi connectivity index (χ2n) is 8.59. The summed E-state index contributed by atoms with van der Waals surface area (Å²) in [4.78, 5) is 24.7. The van der Waals surface area contributed by atoms with Crippen molar-refractivity contribution in [3.05, 3.63) is 58.1 Å². The van der Waals surface area contributed by atoms with Gasteiger partial charge in [0.25, 0.3) is 5.91 Å². The third kappa shape index (κ3) is 5.16. The van der Waals surface area contributed by atoms with E-state index >= 15 is 0 Å². The van der Waals surface area contributed by atoms with Crippen LogP contribution in [0.3, 0.4) is 0 Å². The Balaban J connectivity index is 2.00. The molecule has 1 aliphatic heterocycles. The van der Waals surface area contributed by atoms with Crippen molar-refractivity contribution in [2.75, 3.05) is 12.1 Å². The molecule has 0 saturated carbocycles. The lowest BCUT2D eigenvalue weighted by Gasteiger charge is -2.27. The fraction of sp³-hybridized carbons (Fsp3) is 0.348. The average Bonchev–Trinajstić information content (AvgIpc) is 3.16. The summed E-state index contributed by atoms with van der Waals surface area (Å²) in [5, 5.41) is 19.5. The third-order valence-electron chi connectivity index (χ3n) is 5.20. The molecule has 0 spiro atoms. The predicted octanol–water partition coefficient (Wildman–Crippen LogP) is 4.92. The molecular weight excluding hydrogens is 453 g/mol. The maximum absolute atomic E-state index is 13.0. The minimum absolute atomic E-state index is 0.220. The number of carboxylic acids is 1. The first-order valence-corrected chi connectivity index (χ1v) is 10.8. The van der Waals surface area contributed by atoms with Gasteiger partial charge in [0.1, 0.15) is 23.2 Å². The quantitative estimate of drug-likeness (QED) is 0.615. The number of carbonyl (C=O) groups excluding carboxylic acids is 1. The monoisotopic (exact) mass is 477 g/mol. The van der Waals surface area contributed by atoms with Crippen LogP contribution < -0.4 is 15.1 Å². The third-order valence-corrected chi connectivity index (χ3v) is 5.69. The molecule has 1 aliphatic rings. The number of nitrogens with one attached hydrogen (secondary N) is 1. The van der Waals surface area contributed by atoms with Gasteiger partial charge < -0.3 is 15.2 Å². The zero-order valence-corrected chi connectivity index (χ0v) is 19.7. The normalized spacial score (nSPS) is 17.0. The van der Waals surface area contributed by atoms with Crippen molar-refractivity contribution in [1.82, 2.24) is 5.32 Å². The Labute approximate surface area is 197 Å². The number of hydrogen-bond donors (Lipinski definition) is 2. The Hall–Kier alpha value is -2.77. The summed E-state index contributed by atoms with van der Waals surface area (Å²) >= 11 is 12.2. The van der Waals surface area contributed by atoms with Gasteiger partial charge in [-0.3, -0.25) is 9.80 Å². The second kappa shape index (κ2) is 9.38. The number of anilines is 1. The molecule has 3 rings (SSSR count). The molecule has 2 unspecified atom stereocenters. The van der Waals surface area contributed by atoms with Crippen LogP contribution in [0.15, 0.2) is 47.6 Å². The summed E-state index contributed by atoms with van der Waals surface area (Å²) < 4.78 is 5.48. The van der Waals surface area contributed by atoms with Crippen molar-refractivity contribution < 1.29 is 19.4 Å². The molecule has 9 heteroatoms.